The molecule has 10 heteroatoms. The van der Waals surface area contributed by atoms with Crippen molar-refractivity contribution in [3.05, 3.63) is 71.9 Å². The Hall–Kier alpha value is -4.34. The number of nitrogens with one attached hydrogen (secondary N) is 1. The third-order valence-corrected chi connectivity index (χ3v) is 6.52. The quantitative estimate of drug-likeness (QED) is 0.491. The number of carbonyl (C=O) groups is 2. The molecule has 1 fully saturated rings. The summed E-state index contributed by atoms with van der Waals surface area (Å²) in [6.07, 6.45) is 4.43. The summed E-state index contributed by atoms with van der Waals surface area (Å²) in [6.45, 7) is 1.18. The van der Waals surface area contributed by atoms with Crippen molar-refractivity contribution in [2.45, 2.75) is 25.7 Å². The number of benzene rings is 2. The summed E-state index contributed by atoms with van der Waals surface area (Å²) < 4.78 is 15.1. The lowest BCUT2D eigenvalue weighted by molar-refractivity contribution is -0.119. The van der Waals surface area contributed by atoms with E-state index in [2.05, 4.69) is 20.3 Å². The summed E-state index contributed by atoms with van der Waals surface area (Å²) in [6, 6.07) is 13.4. The number of amides is 2. The first-order valence-corrected chi connectivity index (χ1v) is 11.6. The molecule has 1 N–H and O–H groups in total. The average molecular weight is 471 g/mol. The molecule has 0 spiro atoms. The van der Waals surface area contributed by atoms with Crippen LogP contribution < -0.4 is 9.80 Å². The van der Waals surface area contributed by atoms with E-state index >= 15 is 0 Å². The minimum absolute atomic E-state index is 0.130. The predicted molar refractivity (Wildman–Crippen MR) is 127 cm³/mol. The van der Waals surface area contributed by atoms with Crippen LogP contribution in [0.25, 0.3) is 17.2 Å². The predicted octanol–water partition coefficient (Wildman–Crippen LogP) is 3.52. The number of hydrogen-bond acceptors (Lipinski definition) is 5. The summed E-state index contributed by atoms with van der Waals surface area (Å²) in [4.78, 5) is 33.8. The minimum atomic E-state index is -0.370. The number of aromatic nitrogens is 5. The van der Waals surface area contributed by atoms with Crippen LogP contribution in [-0.2, 0) is 11.2 Å². The zero-order valence-corrected chi connectivity index (χ0v) is 18.8. The Balaban J connectivity index is 1.38. The van der Waals surface area contributed by atoms with E-state index in [-0.39, 0.29) is 17.6 Å². The van der Waals surface area contributed by atoms with Crippen molar-refractivity contribution in [3.8, 4) is 17.2 Å². The maximum absolute atomic E-state index is 13.8. The number of carbonyl (C=O) groups excluding carboxylic acids is 2. The highest BCUT2D eigenvalue weighted by molar-refractivity contribution is 6.08. The highest BCUT2D eigenvalue weighted by atomic mass is 19.1. The van der Waals surface area contributed by atoms with E-state index < -0.39 is 0 Å². The first-order valence-electron chi connectivity index (χ1n) is 11.6. The second-order valence-corrected chi connectivity index (χ2v) is 8.62. The molecule has 9 nitrogen and oxygen atoms in total. The first-order chi connectivity index (χ1) is 17.1. The van der Waals surface area contributed by atoms with Gasteiger partial charge in [0.1, 0.15) is 23.5 Å². The Morgan fingerprint density at radius 3 is 2.23 bits per heavy atom. The Kier molecular flexibility index (Phi) is 5.13. The number of piperidine rings is 1. The van der Waals surface area contributed by atoms with Crippen molar-refractivity contribution < 1.29 is 14.0 Å². The van der Waals surface area contributed by atoms with Gasteiger partial charge in [-0.25, -0.2) is 14.1 Å². The van der Waals surface area contributed by atoms with Gasteiger partial charge in [-0.3, -0.25) is 14.7 Å². The molecule has 6 rings (SSSR count). The number of rotatable bonds is 4. The van der Waals surface area contributed by atoms with Gasteiger partial charge in [-0.2, -0.15) is 10.2 Å². The van der Waals surface area contributed by atoms with Gasteiger partial charge in [-0.05, 0) is 67.8 Å². The molecular formula is C25H22FN7O2. The number of anilines is 2. The summed E-state index contributed by atoms with van der Waals surface area (Å²) >= 11 is 0. The molecule has 176 valence electrons. The van der Waals surface area contributed by atoms with Crippen LogP contribution in [0.3, 0.4) is 0 Å². The molecule has 0 radical (unpaired) electrons. The van der Waals surface area contributed by atoms with Crippen LogP contribution in [-0.4, -0.2) is 49.9 Å². The zero-order valence-electron chi connectivity index (χ0n) is 18.8. The first kappa shape index (κ1) is 21.2. The monoisotopic (exact) mass is 471 g/mol. The molecule has 2 aliphatic heterocycles. The average Bonchev–Trinajstić information content (AvgIpc) is 3.54. The molecule has 0 bridgehead atoms. The minimum Gasteiger partial charge on any atom is -0.312 e. The van der Waals surface area contributed by atoms with Crippen LogP contribution in [0.4, 0.5) is 15.8 Å². The molecule has 0 atom stereocenters. The Morgan fingerprint density at radius 1 is 0.829 bits per heavy atom. The van der Waals surface area contributed by atoms with Crippen molar-refractivity contribution in [2.75, 3.05) is 22.9 Å². The van der Waals surface area contributed by atoms with Crippen molar-refractivity contribution in [2.24, 2.45) is 0 Å². The van der Waals surface area contributed by atoms with E-state index in [0.29, 0.717) is 48.8 Å². The van der Waals surface area contributed by atoms with Gasteiger partial charge < -0.3 is 9.80 Å². The number of nitrogens with zero attached hydrogens (tertiary/aromatic N) is 6. The van der Waals surface area contributed by atoms with E-state index in [0.717, 1.165) is 29.8 Å². The number of fused-ring (bicyclic) bond motifs is 1. The molecule has 0 aliphatic carbocycles. The Labute approximate surface area is 200 Å². The Bertz CT molecular complexity index is 1400. The molecule has 2 aromatic heterocycles. The van der Waals surface area contributed by atoms with Crippen molar-refractivity contribution in [3.63, 3.8) is 0 Å². The lowest BCUT2D eigenvalue weighted by Crippen LogP contribution is -2.39. The molecule has 2 amide bonds. The fourth-order valence-electron chi connectivity index (χ4n) is 4.78. The van der Waals surface area contributed by atoms with E-state index in [9.17, 15) is 14.0 Å². The number of halogens is 1. The number of hydrogen-bond donors (Lipinski definition) is 1. The van der Waals surface area contributed by atoms with Gasteiger partial charge in [-0.1, -0.05) is 0 Å². The van der Waals surface area contributed by atoms with Crippen LogP contribution in [0.15, 0.2) is 54.9 Å². The molecule has 0 unspecified atom stereocenters. The summed E-state index contributed by atoms with van der Waals surface area (Å²) in [7, 11) is 0. The van der Waals surface area contributed by atoms with Gasteiger partial charge in [0.05, 0.1) is 5.69 Å². The maximum atomic E-state index is 13.8. The third-order valence-electron chi connectivity index (χ3n) is 6.52. The highest BCUT2D eigenvalue weighted by Gasteiger charge is 2.34. The highest BCUT2D eigenvalue weighted by Crippen LogP contribution is 2.33. The molecule has 2 aliphatic rings. The van der Waals surface area contributed by atoms with Crippen LogP contribution >= 0.6 is 0 Å². The lowest BCUT2D eigenvalue weighted by atomic mass is 10.0. The van der Waals surface area contributed by atoms with Gasteiger partial charge in [0.2, 0.25) is 5.91 Å². The third kappa shape index (κ3) is 3.67. The van der Waals surface area contributed by atoms with E-state index in [4.69, 9.17) is 0 Å². The number of H-pyrrole nitrogens is 1. The molecule has 35 heavy (non-hydrogen) atoms. The summed E-state index contributed by atoms with van der Waals surface area (Å²) in [5, 5.41) is 11.4. The van der Waals surface area contributed by atoms with Crippen LogP contribution in [0, 0.1) is 5.82 Å². The molecule has 0 saturated carbocycles. The topological polar surface area (TPSA) is 100 Å². The fourth-order valence-corrected chi connectivity index (χ4v) is 4.78. The van der Waals surface area contributed by atoms with Crippen molar-refractivity contribution >= 4 is 23.2 Å². The van der Waals surface area contributed by atoms with Gasteiger partial charge in [-0.15, -0.1) is 0 Å². The number of aromatic amines is 1. The van der Waals surface area contributed by atoms with Gasteiger partial charge in [0.15, 0.2) is 5.82 Å². The van der Waals surface area contributed by atoms with Gasteiger partial charge >= 0.3 is 0 Å². The lowest BCUT2D eigenvalue weighted by Gasteiger charge is -2.29. The van der Waals surface area contributed by atoms with Crippen molar-refractivity contribution in [1.82, 2.24) is 25.0 Å². The van der Waals surface area contributed by atoms with Gasteiger partial charge in [0, 0.05) is 36.4 Å². The SMILES string of the molecule is O=C1CCCCN1c1ccc(N2CCc3c(-c4ncn[nH]4)nn(-c4ccc(F)cc4)c3C2=O)cc1. The van der Waals surface area contributed by atoms with Crippen LogP contribution in [0.1, 0.15) is 35.3 Å². The standard InChI is InChI=1S/C25H22FN7O2/c26-16-4-6-19(7-5-16)33-23-20(22(30-33)24-27-15-28-29-24)12-14-32(25(23)35)18-10-8-17(9-11-18)31-13-2-1-3-21(31)34/h4-11,15H,1-3,12-14H2,(H,27,28,29). The molecule has 4 aromatic rings. The molecule has 1 saturated heterocycles. The normalized spacial score (nSPS) is 16.0. The second-order valence-electron chi connectivity index (χ2n) is 8.62. The molecular weight excluding hydrogens is 449 g/mol. The largest absolute Gasteiger partial charge is 0.312 e. The Morgan fingerprint density at radius 2 is 1.54 bits per heavy atom. The van der Waals surface area contributed by atoms with E-state index in [1.807, 2.05) is 24.3 Å². The fraction of sp³-hybridized carbons (Fsp3) is 0.240. The molecule has 4 heterocycles. The van der Waals surface area contributed by atoms with Crippen LogP contribution in [0.2, 0.25) is 0 Å². The van der Waals surface area contributed by atoms with Gasteiger partial charge in [0.25, 0.3) is 5.91 Å². The smallest absolute Gasteiger partial charge is 0.277 e. The van der Waals surface area contributed by atoms with E-state index in [1.54, 1.807) is 26.6 Å². The summed E-state index contributed by atoms with van der Waals surface area (Å²) in [5.41, 5.74) is 3.87. The molecule has 2 aromatic carbocycles. The zero-order chi connectivity index (χ0) is 23.9. The van der Waals surface area contributed by atoms with Crippen LogP contribution in [0.5, 0.6) is 0 Å². The van der Waals surface area contributed by atoms with Crippen molar-refractivity contribution in [1.29, 1.82) is 0 Å². The second kappa shape index (κ2) is 8.46. The van der Waals surface area contributed by atoms with E-state index in [1.165, 1.54) is 18.5 Å². The summed E-state index contributed by atoms with van der Waals surface area (Å²) in [5.74, 6) is 0.0193. The maximum Gasteiger partial charge on any atom is 0.277 e.